The van der Waals surface area contributed by atoms with Gasteiger partial charge < -0.3 is 16.4 Å². The van der Waals surface area contributed by atoms with E-state index in [1.54, 1.807) is 18.2 Å². The van der Waals surface area contributed by atoms with E-state index < -0.39 is 0 Å². The fourth-order valence-corrected chi connectivity index (χ4v) is 1.77. The maximum Gasteiger partial charge on any atom is 0.319 e. The monoisotopic (exact) mass is 275 g/mol. The highest BCUT2D eigenvalue weighted by molar-refractivity contribution is 6.31. The molecule has 0 radical (unpaired) electrons. The summed E-state index contributed by atoms with van der Waals surface area (Å²) in [6.07, 6.45) is 0. The number of urea groups is 1. The van der Waals surface area contributed by atoms with Gasteiger partial charge in [0.15, 0.2) is 0 Å². The van der Waals surface area contributed by atoms with Gasteiger partial charge in [-0.3, -0.25) is 0 Å². The van der Waals surface area contributed by atoms with Crippen molar-refractivity contribution in [3.63, 3.8) is 0 Å². The van der Waals surface area contributed by atoms with Crippen LogP contribution in [0.4, 0.5) is 16.2 Å². The van der Waals surface area contributed by atoms with Crippen LogP contribution >= 0.6 is 11.6 Å². The molecule has 0 heterocycles. The highest BCUT2D eigenvalue weighted by Gasteiger charge is 2.05. The highest BCUT2D eigenvalue weighted by atomic mass is 35.5. The molecule has 5 heteroatoms. The zero-order valence-corrected chi connectivity index (χ0v) is 10.9. The fourth-order valence-electron chi connectivity index (χ4n) is 1.59. The summed E-state index contributed by atoms with van der Waals surface area (Å²) >= 11 is 5.79. The molecule has 0 unspecified atom stereocenters. The maximum atomic E-state index is 11.7. The lowest BCUT2D eigenvalue weighted by atomic mass is 10.2. The molecule has 4 nitrogen and oxygen atoms in total. The minimum absolute atomic E-state index is 0.308. The Morgan fingerprint density at radius 1 is 1.16 bits per heavy atom. The second-order valence-electron chi connectivity index (χ2n) is 4.02. The van der Waals surface area contributed by atoms with E-state index in [0.29, 0.717) is 22.9 Å². The van der Waals surface area contributed by atoms with Gasteiger partial charge in [0.1, 0.15) is 0 Å². The van der Waals surface area contributed by atoms with Crippen LogP contribution in [0.25, 0.3) is 0 Å². The van der Waals surface area contributed by atoms with E-state index >= 15 is 0 Å². The molecule has 0 saturated heterocycles. The first-order chi connectivity index (χ1) is 9.15. The van der Waals surface area contributed by atoms with E-state index in [2.05, 4.69) is 10.6 Å². The quantitative estimate of drug-likeness (QED) is 0.753. The number of hydrogen-bond acceptors (Lipinski definition) is 2. The van der Waals surface area contributed by atoms with Crippen molar-refractivity contribution in [1.82, 2.24) is 5.32 Å². The zero-order valence-electron chi connectivity index (χ0n) is 10.2. The summed E-state index contributed by atoms with van der Waals surface area (Å²) in [5, 5.41) is 5.96. The van der Waals surface area contributed by atoms with Crippen molar-refractivity contribution in [3.8, 4) is 0 Å². The van der Waals surface area contributed by atoms with Gasteiger partial charge >= 0.3 is 6.03 Å². The third kappa shape index (κ3) is 3.89. The molecule has 2 rings (SSSR count). The summed E-state index contributed by atoms with van der Waals surface area (Å²) in [6.45, 7) is 0.458. The summed E-state index contributed by atoms with van der Waals surface area (Å²) in [7, 11) is 0. The number of amides is 2. The summed E-state index contributed by atoms with van der Waals surface area (Å²) in [5.74, 6) is 0. The molecule has 0 aliphatic rings. The van der Waals surface area contributed by atoms with Crippen LogP contribution in [0.15, 0.2) is 48.5 Å². The fraction of sp³-hybridized carbons (Fsp3) is 0.0714. The average molecular weight is 276 g/mol. The number of hydrogen-bond donors (Lipinski definition) is 3. The SMILES string of the molecule is Nc1cc(Cl)ccc1NC(=O)NCc1ccccc1. The minimum Gasteiger partial charge on any atom is -0.397 e. The lowest BCUT2D eigenvalue weighted by Gasteiger charge is -2.10. The Morgan fingerprint density at radius 3 is 2.58 bits per heavy atom. The number of rotatable bonds is 3. The molecule has 4 N–H and O–H groups in total. The third-order valence-electron chi connectivity index (χ3n) is 2.56. The van der Waals surface area contributed by atoms with Gasteiger partial charge in [-0.2, -0.15) is 0 Å². The van der Waals surface area contributed by atoms with Gasteiger partial charge in [0.2, 0.25) is 0 Å². The van der Waals surface area contributed by atoms with Gasteiger partial charge in [-0.25, -0.2) is 4.79 Å². The summed E-state index contributed by atoms with van der Waals surface area (Å²) in [4.78, 5) is 11.7. The van der Waals surface area contributed by atoms with Gasteiger partial charge in [-0.1, -0.05) is 41.9 Å². The number of nitrogens with two attached hydrogens (primary N) is 1. The molecule has 0 fully saturated rings. The smallest absolute Gasteiger partial charge is 0.319 e. The molecule has 0 saturated carbocycles. The number of halogens is 1. The molecule has 0 bridgehead atoms. The molecule has 2 aromatic carbocycles. The van der Waals surface area contributed by atoms with Gasteiger partial charge in [0.05, 0.1) is 11.4 Å². The molecule has 0 aliphatic heterocycles. The Kier molecular flexibility index (Phi) is 4.26. The van der Waals surface area contributed by atoms with Crippen molar-refractivity contribution in [1.29, 1.82) is 0 Å². The van der Waals surface area contributed by atoms with Crippen LogP contribution in [0.2, 0.25) is 5.02 Å². The molecule has 19 heavy (non-hydrogen) atoms. The molecule has 2 amide bonds. The van der Waals surface area contributed by atoms with Crippen LogP contribution in [-0.4, -0.2) is 6.03 Å². The van der Waals surface area contributed by atoms with Crippen molar-refractivity contribution >= 4 is 29.0 Å². The van der Waals surface area contributed by atoms with Crippen molar-refractivity contribution in [3.05, 3.63) is 59.1 Å². The topological polar surface area (TPSA) is 67.1 Å². The van der Waals surface area contributed by atoms with E-state index in [9.17, 15) is 4.79 Å². The van der Waals surface area contributed by atoms with Crippen molar-refractivity contribution in [2.75, 3.05) is 11.1 Å². The lowest BCUT2D eigenvalue weighted by molar-refractivity contribution is 0.252. The van der Waals surface area contributed by atoms with Gasteiger partial charge in [-0.05, 0) is 23.8 Å². The van der Waals surface area contributed by atoms with Gasteiger partial charge in [0, 0.05) is 11.6 Å². The number of nitrogen functional groups attached to an aromatic ring is 1. The molecule has 0 aliphatic carbocycles. The Bertz CT molecular complexity index is 572. The van der Waals surface area contributed by atoms with Gasteiger partial charge in [-0.15, -0.1) is 0 Å². The molecular weight excluding hydrogens is 262 g/mol. The largest absolute Gasteiger partial charge is 0.397 e. The Hall–Kier alpha value is -2.20. The molecular formula is C14H14ClN3O. The van der Waals surface area contributed by atoms with E-state index in [-0.39, 0.29) is 6.03 Å². The Morgan fingerprint density at radius 2 is 1.89 bits per heavy atom. The zero-order chi connectivity index (χ0) is 13.7. The molecule has 2 aromatic rings. The third-order valence-corrected chi connectivity index (χ3v) is 2.79. The van der Waals surface area contributed by atoms with E-state index in [0.717, 1.165) is 5.56 Å². The van der Waals surface area contributed by atoms with Crippen molar-refractivity contribution in [2.45, 2.75) is 6.54 Å². The molecule has 0 aromatic heterocycles. The second-order valence-corrected chi connectivity index (χ2v) is 4.46. The first-order valence-electron chi connectivity index (χ1n) is 5.79. The van der Waals surface area contributed by atoms with Crippen LogP contribution in [0, 0.1) is 0 Å². The predicted octanol–water partition coefficient (Wildman–Crippen LogP) is 3.24. The van der Waals surface area contributed by atoms with Gasteiger partial charge in [0.25, 0.3) is 0 Å². The minimum atomic E-state index is -0.308. The predicted molar refractivity (Wildman–Crippen MR) is 78.2 cm³/mol. The second kappa shape index (κ2) is 6.11. The lowest BCUT2D eigenvalue weighted by Crippen LogP contribution is -2.28. The van der Waals surface area contributed by atoms with Crippen molar-refractivity contribution < 1.29 is 4.79 Å². The summed E-state index contributed by atoms with van der Waals surface area (Å²) < 4.78 is 0. The molecule has 98 valence electrons. The Labute approximate surface area is 116 Å². The number of anilines is 2. The molecule has 0 atom stereocenters. The van der Waals surface area contributed by atoms with E-state index in [4.69, 9.17) is 17.3 Å². The number of carbonyl (C=O) groups is 1. The number of nitrogens with one attached hydrogen (secondary N) is 2. The van der Waals surface area contributed by atoms with Crippen LogP contribution in [0.5, 0.6) is 0 Å². The summed E-state index contributed by atoms with van der Waals surface area (Å²) in [6, 6.07) is 14.3. The molecule has 0 spiro atoms. The number of benzene rings is 2. The first-order valence-corrected chi connectivity index (χ1v) is 6.17. The van der Waals surface area contributed by atoms with Crippen LogP contribution in [0.1, 0.15) is 5.56 Å². The standard InChI is InChI=1S/C14H14ClN3O/c15-11-6-7-13(12(16)8-11)18-14(19)17-9-10-4-2-1-3-5-10/h1-8H,9,16H2,(H2,17,18,19). The van der Waals surface area contributed by atoms with E-state index in [1.807, 2.05) is 30.3 Å². The summed E-state index contributed by atoms with van der Waals surface area (Å²) in [5.41, 5.74) is 7.75. The first kappa shape index (κ1) is 13.2. The normalized spacial score (nSPS) is 9.95. The van der Waals surface area contributed by atoms with Crippen LogP contribution < -0.4 is 16.4 Å². The highest BCUT2D eigenvalue weighted by Crippen LogP contribution is 2.22. The van der Waals surface area contributed by atoms with E-state index in [1.165, 1.54) is 0 Å². The number of carbonyl (C=O) groups excluding carboxylic acids is 1. The van der Waals surface area contributed by atoms with Crippen molar-refractivity contribution in [2.24, 2.45) is 0 Å². The average Bonchev–Trinajstić information content (AvgIpc) is 2.41. The van der Waals surface area contributed by atoms with Crippen LogP contribution in [-0.2, 0) is 6.54 Å². The Balaban J connectivity index is 1.91. The van der Waals surface area contributed by atoms with Crippen LogP contribution in [0.3, 0.4) is 0 Å². The maximum absolute atomic E-state index is 11.7.